The second-order valence-electron chi connectivity index (χ2n) is 6.29. The molecule has 0 spiro atoms. The number of thiophene rings is 1. The maximum absolute atomic E-state index is 12.5. The van der Waals surface area contributed by atoms with Crippen LogP contribution in [0.25, 0.3) is 10.2 Å². The Morgan fingerprint density at radius 3 is 2.71 bits per heavy atom. The number of benzene rings is 1. The van der Waals surface area contributed by atoms with Gasteiger partial charge in [0.25, 0.3) is 11.5 Å². The summed E-state index contributed by atoms with van der Waals surface area (Å²) in [5, 5.41) is 7.05. The fourth-order valence-electron chi connectivity index (χ4n) is 2.91. The molecule has 0 aliphatic carbocycles. The van der Waals surface area contributed by atoms with E-state index in [1.807, 2.05) is 18.3 Å². The minimum Gasteiger partial charge on any atom is -0.348 e. The molecule has 0 aliphatic heterocycles. The van der Waals surface area contributed by atoms with Gasteiger partial charge in [0.15, 0.2) is 5.82 Å². The van der Waals surface area contributed by atoms with E-state index in [0.29, 0.717) is 22.3 Å². The van der Waals surface area contributed by atoms with E-state index in [2.05, 4.69) is 42.7 Å². The van der Waals surface area contributed by atoms with Gasteiger partial charge in [-0.15, -0.1) is 11.3 Å². The number of carbonyl (C=O) groups excluding carboxylic acids is 1. The van der Waals surface area contributed by atoms with E-state index < -0.39 is 0 Å². The predicted molar refractivity (Wildman–Crippen MR) is 106 cm³/mol. The van der Waals surface area contributed by atoms with E-state index in [-0.39, 0.29) is 11.5 Å². The van der Waals surface area contributed by atoms with Crippen molar-refractivity contribution in [2.75, 3.05) is 0 Å². The lowest BCUT2D eigenvalue weighted by molar-refractivity contribution is -0.687. The number of hydrogen-bond acceptors (Lipinski definition) is 5. The summed E-state index contributed by atoms with van der Waals surface area (Å²) in [5.74, 6) is 0.676. The molecular formula is C19H19N6O2S+. The van der Waals surface area contributed by atoms with Crippen LogP contribution in [0.3, 0.4) is 0 Å². The number of aromatic nitrogens is 4. The highest BCUT2D eigenvalue weighted by atomic mass is 32.1. The van der Waals surface area contributed by atoms with Gasteiger partial charge in [-0.3, -0.25) is 9.59 Å². The van der Waals surface area contributed by atoms with Gasteiger partial charge < -0.3 is 20.6 Å². The van der Waals surface area contributed by atoms with Crippen LogP contribution in [0.1, 0.15) is 27.3 Å². The summed E-state index contributed by atoms with van der Waals surface area (Å²) >= 11 is 1.28. The third kappa shape index (κ3) is 4.00. The van der Waals surface area contributed by atoms with E-state index in [4.69, 9.17) is 0 Å². The first-order valence-electron chi connectivity index (χ1n) is 8.81. The first-order chi connectivity index (χ1) is 13.7. The largest absolute Gasteiger partial charge is 0.348 e. The molecule has 0 radical (unpaired) electrons. The molecule has 0 saturated heterocycles. The molecule has 0 atom stereocenters. The van der Waals surface area contributed by atoms with Gasteiger partial charge in [0, 0.05) is 29.9 Å². The van der Waals surface area contributed by atoms with Gasteiger partial charge in [-0.25, -0.2) is 9.97 Å². The summed E-state index contributed by atoms with van der Waals surface area (Å²) in [7, 11) is 0. The van der Waals surface area contributed by atoms with Crippen molar-refractivity contribution in [1.29, 1.82) is 0 Å². The smallest absolute Gasteiger partial charge is 0.260 e. The van der Waals surface area contributed by atoms with Crippen molar-refractivity contribution in [3.63, 3.8) is 0 Å². The number of quaternary nitrogens is 1. The van der Waals surface area contributed by atoms with Gasteiger partial charge in [0.05, 0.1) is 17.3 Å². The van der Waals surface area contributed by atoms with E-state index in [1.54, 1.807) is 11.6 Å². The molecule has 5 N–H and O–H groups in total. The SMILES string of the molecule is O=C(NCc1ccc(C[NH2+]Cc2ncc[nH]2)cc1)c1csc2nc[nH]c(=O)c12. The van der Waals surface area contributed by atoms with E-state index in [1.165, 1.54) is 23.2 Å². The van der Waals surface area contributed by atoms with Crippen molar-refractivity contribution in [3.05, 3.63) is 81.2 Å². The number of aromatic amines is 2. The Morgan fingerprint density at radius 1 is 1.11 bits per heavy atom. The van der Waals surface area contributed by atoms with Crippen LogP contribution in [-0.4, -0.2) is 25.8 Å². The molecule has 3 heterocycles. The number of H-pyrrole nitrogens is 2. The number of nitrogens with one attached hydrogen (secondary N) is 3. The second-order valence-corrected chi connectivity index (χ2v) is 7.15. The summed E-state index contributed by atoms with van der Waals surface area (Å²) in [5.41, 5.74) is 2.25. The van der Waals surface area contributed by atoms with Crippen molar-refractivity contribution in [1.82, 2.24) is 25.3 Å². The zero-order valence-corrected chi connectivity index (χ0v) is 15.8. The van der Waals surface area contributed by atoms with Crippen molar-refractivity contribution < 1.29 is 10.1 Å². The molecule has 28 heavy (non-hydrogen) atoms. The zero-order valence-electron chi connectivity index (χ0n) is 14.9. The molecule has 4 aromatic rings. The van der Waals surface area contributed by atoms with Crippen LogP contribution in [0, 0.1) is 0 Å². The zero-order chi connectivity index (χ0) is 19.3. The van der Waals surface area contributed by atoms with Gasteiger partial charge in [0.1, 0.15) is 17.9 Å². The Kier molecular flexibility index (Phi) is 5.27. The van der Waals surface area contributed by atoms with Crippen LogP contribution >= 0.6 is 11.3 Å². The van der Waals surface area contributed by atoms with Gasteiger partial charge in [-0.05, 0) is 5.56 Å². The Balaban J connectivity index is 1.33. The third-order valence-electron chi connectivity index (χ3n) is 4.37. The molecule has 1 aromatic carbocycles. The minimum absolute atomic E-state index is 0.277. The minimum atomic E-state index is -0.299. The first-order valence-corrected chi connectivity index (χ1v) is 9.69. The molecular weight excluding hydrogens is 376 g/mol. The lowest BCUT2D eigenvalue weighted by atomic mass is 10.1. The number of hydrogen-bond donors (Lipinski definition) is 4. The Morgan fingerprint density at radius 2 is 1.93 bits per heavy atom. The number of amides is 1. The van der Waals surface area contributed by atoms with E-state index >= 15 is 0 Å². The molecule has 0 bridgehead atoms. The maximum Gasteiger partial charge on any atom is 0.260 e. The highest BCUT2D eigenvalue weighted by Gasteiger charge is 2.15. The number of fused-ring (bicyclic) bond motifs is 1. The van der Waals surface area contributed by atoms with Crippen LogP contribution in [0.4, 0.5) is 0 Å². The quantitative estimate of drug-likeness (QED) is 0.372. The Bertz CT molecular complexity index is 1130. The van der Waals surface area contributed by atoms with Gasteiger partial charge in [-0.2, -0.15) is 0 Å². The standard InChI is InChI=1S/C19H18N6O2S/c26-17(14-10-28-19-16(14)18(27)24-11-25-19)23-8-13-3-1-12(2-4-13)7-20-9-15-21-5-6-22-15/h1-6,10-11,20H,7-9H2,(H,21,22)(H,23,26)(H,24,25,27)/p+1. The number of nitrogens with two attached hydrogens (primary N) is 1. The number of carbonyl (C=O) groups is 1. The lowest BCUT2D eigenvalue weighted by Gasteiger charge is -2.06. The molecule has 1 amide bonds. The van der Waals surface area contributed by atoms with Crippen LogP contribution in [0.15, 0.2) is 53.2 Å². The third-order valence-corrected chi connectivity index (χ3v) is 5.26. The fourth-order valence-corrected chi connectivity index (χ4v) is 3.80. The van der Waals surface area contributed by atoms with Crippen LogP contribution in [-0.2, 0) is 19.6 Å². The topological polar surface area (TPSA) is 120 Å². The predicted octanol–water partition coefficient (Wildman–Crippen LogP) is 0.901. The van der Waals surface area contributed by atoms with Crippen molar-refractivity contribution in [3.8, 4) is 0 Å². The molecule has 0 aliphatic rings. The summed E-state index contributed by atoms with van der Waals surface area (Å²) in [6.45, 7) is 2.04. The Labute approximate surface area is 164 Å². The average Bonchev–Trinajstić information content (AvgIpc) is 3.38. The monoisotopic (exact) mass is 395 g/mol. The fraction of sp³-hybridized carbons (Fsp3) is 0.158. The molecule has 3 aromatic heterocycles. The van der Waals surface area contributed by atoms with Crippen molar-refractivity contribution >= 4 is 27.5 Å². The van der Waals surface area contributed by atoms with Gasteiger partial charge >= 0.3 is 0 Å². The first kappa shape index (κ1) is 18.1. The highest BCUT2D eigenvalue weighted by molar-refractivity contribution is 7.17. The van der Waals surface area contributed by atoms with E-state index in [0.717, 1.165) is 24.5 Å². The maximum atomic E-state index is 12.5. The summed E-state index contributed by atoms with van der Waals surface area (Å²) in [6, 6.07) is 8.09. The van der Waals surface area contributed by atoms with Gasteiger partial charge in [0.2, 0.25) is 0 Å². The molecule has 9 heteroatoms. The molecule has 0 saturated carbocycles. The average molecular weight is 395 g/mol. The Hall–Kier alpha value is -3.30. The summed E-state index contributed by atoms with van der Waals surface area (Å²) < 4.78 is 0. The number of rotatable bonds is 7. The number of imidazole rings is 1. The number of nitrogens with zero attached hydrogens (tertiary/aromatic N) is 2. The highest BCUT2D eigenvalue weighted by Crippen LogP contribution is 2.20. The van der Waals surface area contributed by atoms with Crippen LogP contribution < -0.4 is 16.2 Å². The van der Waals surface area contributed by atoms with Crippen LogP contribution in [0.2, 0.25) is 0 Å². The van der Waals surface area contributed by atoms with Crippen molar-refractivity contribution in [2.24, 2.45) is 0 Å². The molecule has 8 nitrogen and oxygen atoms in total. The lowest BCUT2D eigenvalue weighted by Crippen LogP contribution is -2.80. The van der Waals surface area contributed by atoms with Crippen LogP contribution in [0.5, 0.6) is 0 Å². The molecule has 4 rings (SSSR count). The normalized spacial score (nSPS) is 11.0. The molecule has 0 fully saturated rings. The van der Waals surface area contributed by atoms with Crippen molar-refractivity contribution in [2.45, 2.75) is 19.6 Å². The second kappa shape index (κ2) is 8.15. The van der Waals surface area contributed by atoms with Gasteiger partial charge in [-0.1, -0.05) is 24.3 Å². The molecule has 0 unspecified atom stereocenters. The summed E-state index contributed by atoms with van der Waals surface area (Å²) in [4.78, 5) is 38.9. The summed E-state index contributed by atoms with van der Waals surface area (Å²) in [6.07, 6.45) is 4.91. The molecule has 142 valence electrons. The van der Waals surface area contributed by atoms with E-state index in [9.17, 15) is 9.59 Å².